The molecule has 1 fully saturated rings. The van der Waals surface area contributed by atoms with Crippen LogP contribution in [0.15, 0.2) is 23.1 Å². The molecule has 1 aromatic carbocycles. The van der Waals surface area contributed by atoms with Crippen LogP contribution in [0.1, 0.15) is 30.9 Å². The second kappa shape index (κ2) is 6.65. The van der Waals surface area contributed by atoms with Crippen molar-refractivity contribution in [3.8, 4) is 0 Å². The second-order valence-electron chi connectivity index (χ2n) is 6.36. The van der Waals surface area contributed by atoms with Gasteiger partial charge >= 0.3 is 0 Å². The van der Waals surface area contributed by atoms with E-state index in [1.54, 1.807) is 17.8 Å². The molecule has 0 bridgehead atoms. The number of thioether (sulfide) groups is 1. The van der Waals surface area contributed by atoms with E-state index in [9.17, 15) is 17.6 Å². The summed E-state index contributed by atoms with van der Waals surface area (Å²) in [6, 6.07) is 4.20. The van der Waals surface area contributed by atoms with Crippen LogP contribution in [0, 0.1) is 5.82 Å². The SMILES string of the molecule is CS(=O)(=O)C1(C(=O)NC2CCSc3ccc(F)cc32)CCNCC1. The van der Waals surface area contributed by atoms with E-state index in [1.165, 1.54) is 12.1 Å². The average Bonchev–Trinajstić information content (AvgIpc) is 2.55. The van der Waals surface area contributed by atoms with Crippen molar-refractivity contribution in [1.82, 2.24) is 10.6 Å². The monoisotopic (exact) mass is 372 g/mol. The smallest absolute Gasteiger partial charge is 0.242 e. The van der Waals surface area contributed by atoms with Crippen molar-refractivity contribution in [3.05, 3.63) is 29.6 Å². The summed E-state index contributed by atoms with van der Waals surface area (Å²) in [4.78, 5) is 13.8. The summed E-state index contributed by atoms with van der Waals surface area (Å²) < 4.78 is 36.9. The number of hydrogen-bond donors (Lipinski definition) is 2. The Morgan fingerprint density at radius 1 is 1.38 bits per heavy atom. The van der Waals surface area contributed by atoms with E-state index in [1.807, 2.05) is 0 Å². The van der Waals surface area contributed by atoms with Crippen LogP contribution < -0.4 is 10.6 Å². The van der Waals surface area contributed by atoms with Crippen molar-refractivity contribution in [2.75, 3.05) is 25.1 Å². The number of hydrogen-bond acceptors (Lipinski definition) is 5. The number of piperidine rings is 1. The number of benzene rings is 1. The summed E-state index contributed by atoms with van der Waals surface area (Å²) in [7, 11) is -3.55. The summed E-state index contributed by atoms with van der Waals surface area (Å²) in [5.41, 5.74) is 0.734. The summed E-state index contributed by atoms with van der Waals surface area (Å²) in [5.74, 6) is -0.00870. The molecule has 2 aliphatic rings. The molecule has 0 spiro atoms. The Hall–Kier alpha value is -1.12. The minimum Gasteiger partial charge on any atom is -0.348 e. The normalized spacial score (nSPS) is 23.3. The van der Waals surface area contributed by atoms with Crippen molar-refractivity contribution >= 4 is 27.5 Å². The second-order valence-corrected chi connectivity index (χ2v) is 9.82. The molecular formula is C16H21FN2O3S2. The molecule has 1 atom stereocenters. The minimum atomic E-state index is -3.55. The predicted molar refractivity (Wildman–Crippen MR) is 92.3 cm³/mol. The largest absolute Gasteiger partial charge is 0.348 e. The molecule has 1 unspecified atom stereocenters. The maximum Gasteiger partial charge on any atom is 0.242 e. The first-order valence-electron chi connectivity index (χ1n) is 7.97. The lowest BCUT2D eigenvalue weighted by Crippen LogP contribution is -2.57. The highest BCUT2D eigenvalue weighted by atomic mass is 32.2. The van der Waals surface area contributed by atoms with Gasteiger partial charge in [0.2, 0.25) is 5.91 Å². The van der Waals surface area contributed by atoms with Gasteiger partial charge in [-0.05, 0) is 56.1 Å². The zero-order valence-electron chi connectivity index (χ0n) is 13.5. The average molecular weight is 372 g/mol. The molecule has 1 amide bonds. The lowest BCUT2D eigenvalue weighted by Gasteiger charge is -2.36. The molecule has 0 aliphatic carbocycles. The van der Waals surface area contributed by atoms with Crippen LogP contribution in [0.25, 0.3) is 0 Å². The first-order valence-corrected chi connectivity index (χ1v) is 10.8. The third-order valence-corrected chi connectivity index (χ3v) is 7.99. The van der Waals surface area contributed by atoms with Gasteiger partial charge in [-0.2, -0.15) is 0 Å². The van der Waals surface area contributed by atoms with E-state index in [4.69, 9.17) is 0 Å². The summed E-state index contributed by atoms with van der Waals surface area (Å²) in [6.07, 6.45) is 2.30. The van der Waals surface area contributed by atoms with Gasteiger partial charge in [0.1, 0.15) is 5.82 Å². The van der Waals surface area contributed by atoms with E-state index in [2.05, 4.69) is 10.6 Å². The van der Waals surface area contributed by atoms with Gasteiger partial charge in [-0.3, -0.25) is 4.79 Å². The van der Waals surface area contributed by atoms with Gasteiger partial charge in [-0.15, -0.1) is 11.8 Å². The molecule has 2 aliphatic heterocycles. The Morgan fingerprint density at radius 2 is 2.08 bits per heavy atom. The molecule has 2 heterocycles. The van der Waals surface area contributed by atoms with Gasteiger partial charge in [0, 0.05) is 16.9 Å². The third kappa shape index (κ3) is 3.19. The lowest BCUT2D eigenvalue weighted by atomic mass is 9.94. The van der Waals surface area contributed by atoms with Gasteiger partial charge in [0.15, 0.2) is 14.6 Å². The number of carbonyl (C=O) groups is 1. The quantitative estimate of drug-likeness (QED) is 0.844. The molecule has 3 rings (SSSR count). The summed E-state index contributed by atoms with van der Waals surface area (Å²) >= 11 is 1.62. The highest BCUT2D eigenvalue weighted by Gasteiger charge is 2.49. The molecule has 1 saturated heterocycles. The van der Waals surface area contributed by atoms with E-state index < -0.39 is 20.5 Å². The highest BCUT2D eigenvalue weighted by molar-refractivity contribution is 7.99. The number of rotatable bonds is 3. The van der Waals surface area contributed by atoms with Crippen LogP contribution in [0.2, 0.25) is 0 Å². The van der Waals surface area contributed by atoms with Gasteiger partial charge in [-0.1, -0.05) is 0 Å². The Bertz CT molecular complexity index is 746. The minimum absolute atomic E-state index is 0.259. The molecule has 1 aromatic rings. The van der Waals surface area contributed by atoms with Gasteiger partial charge in [0.25, 0.3) is 0 Å². The zero-order valence-corrected chi connectivity index (χ0v) is 15.1. The topological polar surface area (TPSA) is 75.3 Å². The third-order valence-electron chi connectivity index (χ3n) is 4.85. The Morgan fingerprint density at radius 3 is 2.75 bits per heavy atom. The van der Waals surface area contributed by atoms with Crippen LogP contribution in [0.3, 0.4) is 0 Å². The van der Waals surface area contributed by atoms with Crippen molar-refractivity contribution in [1.29, 1.82) is 0 Å². The van der Waals surface area contributed by atoms with E-state index in [0.717, 1.165) is 22.5 Å². The van der Waals surface area contributed by atoms with Crippen molar-refractivity contribution in [2.45, 2.75) is 34.9 Å². The molecule has 0 aromatic heterocycles. The Balaban J connectivity index is 1.88. The fourth-order valence-corrected chi connectivity index (χ4v) is 5.85. The zero-order chi connectivity index (χ0) is 17.4. The number of carbonyl (C=O) groups excluding carboxylic acids is 1. The van der Waals surface area contributed by atoms with E-state index in [0.29, 0.717) is 19.5 Å². The van der Waals surface area contributed by atoms with Gasteiger partial charge in [0.05, 0.1) is 6.04 Å². The van der Waals surface area contributed by atoms with Crippen LogP contribution in [-0.2, 0) is 14.6 Å². The molecule has 132 valence electrons. The van der Waals surface area contributed by atoms with Crippen LogP contribution in [0.4, 0.5) is 4.39 Å². The fraction of sp³-hybridized carbons (Fsp3) is 0.562. The summed E-state index contributed by atoms with van der Waals surface area (Å²) in [5, 5.41) is 5.99. The molecule has 0 radical (unpaired) electrons. The number of fused-ring (bicyclic) bond motifs is 1. The first-order chi connectivity index (χ1) is 11.3. The van der Waals surface area contributed by atoms with Gasteiger partial charge in [-0.25, -0.2) is 12.8 Å². The number of halogens is 1. The van der Waals surface area contributed by atoms with E-state index >= 15 is 0 Å². The highest BCUT2D eigenvalue weighted by Crippen LogP contribution is 2.37. The maximum absolute atomic E-state index is 13.6. The number of amides is 1. The summed E-state index contributed by atoms with van der Waals surface area (Å²) in [6.45, 7) is 0.985. The van der Waals surface area contributed by atoms with Crippen LogP contribution in [0.5, 0.6) is 0 Å². The standard InChI is InChI=1S/C16H21FN2O3S2/c1-24(21,22)16(5-7-18-8-6-16)15(20)19-13-4-9-23-14-3-2-11(17)10-12(13)14/h2-3,10,13,18H,4-9H2,1H3,(H,19,20). The Kier molecular flexibility index (Phi) is 4.90. The molecule has 5 nitrogen and oxygen atoms in total. The Labute approximate surface area is 145 Å². The fourth-order valence-electron chi connectivity index (χ4n) is 3.40. The predicted octanol–water partition coefficient (Wildman–Crippen LogP) is 1.65. The van der Waals surface area contributed by atoms with E-state index in [-0.39, 0.29) is 24.7 Å². The molecule has 0 saturated carbocycles. The van der Waals surface area contributed by atoms with Crippen molar-refractivity contribution in [2.24, 2.45) is 0 Å². The molecule has 2 N–H and O–H groups in total. The van der Waals surface area contributed by atoms with Crippen molar-refractivity contribution in [3.63, 3.8) is 0 Å². The number of sulfone groups is 1. The molecule has 24 heavy (non-hydrogen) atoms. The molecule has 8 heteroatoms. The first kappa shape index (κ1) is 17.7. The number of nitrogens with one attached hydrogen (secondary N) is 2. The molecular weight excluding hydrogens is 351 g/mol. The lowest BCUT2D eigenvalue weighted by molar-refractivity contribution is -0.125. The van der Waals surface area contributed by atoms with Crippen LogP contribution >= 0.6 is 11.8 Å². The maximum atomic E-state index is 13.6. The van der Waals surface area contributed by atoms with Crippen LogP contribution in [-0.4, -0.2) is 44.2 Å². The van der Waals surface area contributed by atoms with Gasteiger partial charge < -0.3 is 10.6 Å². The van der Waals surface area contributed by atoms with Crippen molar-refractivity contribution < 1.29 is 17.6 Å².